The number of rotatable bonds is 2. The third-order valence-electron chi connectivity index (χ3n) is 3.82. The summed E-state index contributed by atoms with van der Waals surface area (Å²) in [5.41, 5.74) is 3.41. The summed E-state index contributed by atoms with van der Waals surface area (Å²) < 4.78 is 9.97. The van der Waals surface area contributed by atoms with Gasteiger partial charge in [0, 0.05) is 42.7 Å². The highest BCUT2D eigenvalue weighted by Gasteiger charge is 2.27. The fourth-order valence-electron chi connectivity index (χ4n) is 2.59. The van der Waals surface area contributed by atoms with Crippen molar-refractivity contribution in [3.63, 3.8) is 0 Å². The Morgan fingerprint density at radius 1 is 1.04 bits per heavy atom. The van der Waals surface area contributed by atoms with E-state index in [0.29, 0.717) is 34.1 Å². The molecule has 0 saturated carbocycles. The second-order valence-corrected chi connectivity index (χ2v) is 5.64. The van der Waals surface area contributed by atoms with Crippen LogP contribution in [-0.4, -0.2) is 35.6 Å². The molecule has 1 unspecified atom stereocenters. The summed E-state index contributed by atoms with van der Waals surface area (Å²) in [5, 5.41) is 10.4. The lowest BCUT2D eigenvalue weighted by atomic mass is 10.0. The highest BCUT2D eigenvalue weighted by atomic mass is 16.5. The first kappa shape index (κ1) is 17.7. The number of fused-ring (bicyclic) bond motifs is 2. The predicted molar refractivity (Wildman–Crippen MR) is 96.4 cm³/mol. The minimum Gasteiger partial charge on any atom is -0.420 e. The van der Waals surface area contributed by atoms with Gasteiger partial charge in [-0.25, -0.2) is 9.97 Å². The number of aldehydes is 1. The van der Waals surface area contributed by atoms with Crippen molar-refractivity contribution in [2.24, 2.45) is 0 Å². The average Bonchev–Trinajstić information content (AvgIpc) is 2.68. The first-order chi connectivity index (χ1) is 12.7. The molecule has 0 fully saturated rings. The summed E-state index contributed by atoms with van der Waals surface area (Å²) in [6.45, 7) is 0. The first-order valence-corrected chi connectivity index (χ1v) is 7.95. The predicted octanol–water partition coefficient (Wildman–Crippen LogP) is 3.41. The maximum Gasteiger partial charge on any atom is 0.228 e. The van der Waals surface area contributed by atoms with Gasteiger partial charge in [0.05, 0.1) is 5.69 Å². The Morgan fingerprint density at radius 2 is 1.73 bits per heavy atom. The summed E-state index contributed by atoms with van der Waals surface area (Å²) in [5.74, 6) is 0.717. The molecule has 4 rings (SSSR count). The van der Waals surface area contributed by atoms with Gasteiger partial charge in [-0.3, -0.25) is 4.79 Å². The molecule has 0 radical (unpaired) electrons. The summed E-state index contributed by atoms with van der Waals surface area (Å²) in [4.78, 5) is 19.3. The highest BCUT2D eigenvalue weighted by Crippen LogP contribution is 2.41. The number of hydrogen-bond acceptors (Lipinski definition) is 6. The molecule has 1 atom stereocenters. The number of aliphatic hydroxyl groups is 1. The molecule has 0 spiro atoms. The molecule has 2 aromatic heterocycles. The van der Waals surface area contributed by atoms with Gasteiger partial charge < -0.3 is 14.6 Å². The van der Waals surface area contributed by atoms with E-state index in [1.165, 1.54) is 0 Å². The number of benzene rings is 1. The summed E-state index contributed by atoms with van der Waals surface area (Å²) in [7, 11) is 3.25. The average molecular weight is 350 g/mol. The van der Waals surface area contributed by atoms with Crippen molar-refractivity contribution in [3.8, 4) is 23.0 Å². The Balaban J connectivity index is 0.000000613. The normalized spacial score (nSPS) is 14.2. The monoisotopic (exact) mass is 350 g/mol. The van der Waals surface area contributed by atoms with Crippen LogP contribution in [0, 0.1) is 0 Å². The maximum atomic E-state index is 10.7. The SMILES string of the molecule is COC.O=Cc1ccc(-c2ccc3c(n2)Oc2ncccc2C3O)cc1. The molecule has 0 saturated heterocycles. The topological polar surface area (TPSA) is 81.5 Å². The molecule has 1 N–H and O–H groups in total. The number of ether oxygens (including phenoxy) is 2. The number of carbonyl (C=O) groups excluding carboxylic acids is 1. The molecule has 0 amide bonds. The van der Waals surface area contributed by atoms with Crippen molar-refractivity contribution in [2.75, 3.05) is 14.2 Å². The number of aromatic nitrogens is 2. The van der Waals surface area contributed by atoms with Crippen molar-refractivity contribution >= 4 is 6.29 Å². The fourth-order valence-corrected chi connectivity index (χ4v) is 2.59. The van der Waals surface area contributed by atoms with E-state index in [1.807, 2.05) is 18.2 Å². The molecule has 26 heavy (non-hydrogen) atoms. The van der Waals surface area contributed by atoms with Crippen molar-refractivity contribution in [2.45, 2.75) is 6.10 Å². The lowest BCUT2D eigenvalue weighted by Crippen LogP contribution is -2.12. The molecule has 0 aliphatic carbocycles. The number of nitrogens with zero attached hydrogens (tertiary/aromatic N) is 2. The van der Waals surface area contributed by atoms with Gasteiger partial charge in [0.25, 0.3) is 0 Å². The number of methoxy groups -OCH3 is 1. The van der Waals surface area contributed by atoms with E-state index >= 15 is 0 Å². The maximum absolute atomic E-state index is 10.7. The Labute approximate surface area is 151 Å². The van der Waals surface area contributed by atoms with Crippen molar-refractivity contribution in [1.29, 1.82) is 0 Å². The number of aliphatic hydroxyl groups excluding tert-OH is 1. The molecule has 6 nitrogen and oxygen atoms in total. The number of carbonyl (C=O) groups is 1. The van der Waals surface area contributed by atoms with E-state index in [2.05, 4.69) is 14.7 Å². The highest BCUT2D eigenvalue weighted by molar-refractivity contribution is 5.76. The van der Waals surface area contributed by atoms with E-state index in [0.717, 1.165) is 11.8 Å². The Bertz CT molecular complexity index is 910. The quantitative estimate of drug-likeness (QED) is 0.713. The van der Waals surface area contributed by atoms with Crippen LogP contribution in [0.3, 0.4) is 0 Å². The largest absolute Gasteiger partial charge is 0.420 e. The Hall–Kier alpha value is -3.09. The van der Waals surface area contributed by atoms with Gasteiger partial charge in [-0.05, 0) is 24.3 Å². The van der Waals surface area contributed by atoms with E-state index in [-0.39, 0.29) is 0 Å². The van der Waals surface area contributed by atoms with Crippen LogP contribution in [0.5, 0.6) is 11.8 Å². The van der Waals surface area contributed by atoms with Gasteiger partial charge in [-0.1, -0.05) is 24.3 Å². The fraction of sp³-hybridized carbons (Fsp3) is 0.150. The van der Waals surface area contributed by atoms with Gasteiger partial charge >= 0.3 is 0 Å². The molecule has 3 heterocycles. The van der Waals surface area contributed by atoms with Crippen LogP contribution in [0.15, 0.2) is 54.7 Å². The molecule has 1 aromatic carbocycles. The zero-order valence-electron chi connectivity index (χ0n) is 14.4. The van der Waals surface area contributed by atoms with Crippen LogP contribution in [0.4, 0.5) is 0 Å². The Kier molecular flexibility index (Phi) is 5.36. The van der Waals surface area contributed by atoms with Gasteiger partial charge in [0.15, 0.2) is 0 Å². The minimum absolute atomic E-state index is 0.348. The summed E-state index contributed by atoms with van der Waals surface area (Å²) in [6, 6.07) is 14.3. The number of pyridine rings is 2. The van der Waals surface area contributed by atoms with Crippen molar-refractivity contribution in [1.82, 2.24) is 9.97 Å². The second kappa shape index (κ2) is 7.86. The van der Waals surface area contributed by atoms with E-state index in [1.54, 1.807) is 50.7 Å². The summed E-state index contributed by atoms with van der Waals surface area (Å²) >= 11 is 0. The third kappa shape index (κ3) is 3.46. The van der Waals surface area contributed by atoms with Crippen LogP contribution >= 0.6 is 0 Å². The molecular weight excluding hydrogens is 332 g/mol. The van der Waals surface area contributed by atoms with Gasteiger partial charge in [-0.15, -0.1) is 0 Å². The molecule has 0 bridgehead atoms. The summed E-state index contributed by atoms with van der Waals surface area (Å²) in [6.07, 6.45) is 1.60. The zero-order valence-corrected chi connectivity index (χ0v) is 14.4. The minimum atomic E-state index is -0.804. The standard InChI is InChI=1S/C18H12N2O3.C2H6O/c21-10-11-3-5-12(6-4-11)15-8-7-14-16(22)13-2-1-9-19-17(13)23-18(14)20-15;1-3-2/h1-10,16,22H;1-2H3. The van der Waals surface area contributed by atoms with Gasteiger partial charge in [0.2, 0.25) is 11.8 Å². The molecule has 132 valence electrons. The third-order valence-corrected chi connectivity index (χ3v) is 3.82. The second-order valence-electron chi connectivity index (χ2n) is 5.64. The Morgan fingerprint density at radius 3 is 2.42 bits per heavy atom. The smallest absolute Gasteiger partial charge is 0.228 e. The molecule has 3 aromatic rings. The van der Waals surface area contributed by atoms with Crippen LogP contribution in [0.1, 0.15) is 27.6 Å². The molecule has 6 heteroatoms. The number of hydrogen-bond donors (Lipinski definition) is 1. The van der Waals surface area contributed by atoms with Crippen LogP contribution in [0.2, 0.25) is 0 Å². The molecule has 1 aliphatic rings. The molecule has 1 aliphatic heterocycles. The van der Waals surface area contributed by atoms with Crippen LogP contribution in [0.25, 0.3) is 11.3 Å². The van der Waals surface area contributed by atoms with E-state index < -0.39 is 6.10 Å². The lowest BCUT2D eigenvalue weighted by molar-refractivity contribution is 0.112. The van der Waals surface area contributed by atoms with E-state index in [4.69, 9.17) is 4.74 Å². The van der Waals surface area contributed by atoms with Crippen molar-refractivity contribution < 1.29 is 19.4 Å². The van der Waals surface area contributed by atoms with Crippen molar-refractivity contribution in [3.05, 3.63) is 71.4 Å². The van der Waals surface area contributed by atoms with Crippen LogP contribution in [-0.2, 0) is 4.74 Å². The first-order valence-electron chi connectivity index (χ1n) is 7.95. The van der Waals surface area contributed by atoms with Gasteiger partial charge in [0.1, 0.15) is 12.4 Å². The molecular formula is C20H18N2O4. The van der Waals surface area contributed by atoms with E-state index in [9.17, 15) is 9.90 Å². The van der Waals surface area contributed by atoms with Crippen LogP contribution < -0.4 is 4.74 Å². The zero-order chi connectivity index (χ0) is 18.5. The lowest BCUT2D eigenvalue weighted by Gasteiger charge is -2.23. The van der Waals surface area contributed by atoms with Gasteiger partial charge in [-0.2, -0.15) is 0 Å².